The molecule has 4 aliphatic rings. The lowest BCUT2D eigenvalue weighted by Crippen LogP contribution is -2.51. The van der Waals surface area contributed by atoms with Crippen LogP contribution < -0.4 is 4.74 Å². The molecule has 12 aromatic carbocycles. The maximum atomic E-state index is 14.5. The number of halogens is 12. The van der Waals surface area contributed by atoms with Crippen LogP contribution in [0, 0.1) is 81.3 Å². The standard InChI is InChI=1S/C21H24F4O4S.2C18H12F3S.C18H15S.C15H24O3S.C13H18F2O5S/c1-9(2)12-7-13(10(3)4)19(14(8-12)11(5)6)29-20-15(22)17(24)21(30(26,27)28)18(25)16(20)23;2*19-13-1-7-16(8-2-13)22(17-9-3-14(20)4-10-17)18-11-5-15(21)6-12-18;1-4-10-16(11-5-1)19(17-12-6-2-7-13-17)18-14-8-3-9-15-18;1-9(2)12-7-13(10(3)4)15(19(16,17)18)14(8-12)11(5)6;14-13(15,21(17,18)19)7-20-11(16)12-4-8-1-9(5-12)3-10(2-8)6-12/h7-11H,1-6H3,(H,26,27,28);2*1-12H;1-15H;7-11H,1-6H3,(H,16,17,18);8-10H,1-7H2,(H,17,18,19)/q;3*+1;;/p-3. The monoisotopic (exact) mass is 1950 g/mol. The molecule has 4 saturated carbocycles. The fraction of sp³-hybridized carbons (Fsp3) is 0.291. The molecule has 0 radical (unpaired) electrons. The molecule has 133 heavy (non-hydrogen) atoms. The van der Waals surface area contributed by atoms with Crippen LogP contribution in [0.1, 0.15) is 190 Å². The van der Waals surface area contributed by atoms with Crippen LogP contribution in [-0.4, -0.2) is 56.7 Å². The molecule has 0 aromatic heterocycles. The van der Waals surface area contributed by atoms with E-state index in [1.807, 2.05) is 81.4 Å². The molecule has 30 heteroatoms. The minimum Gasteiger partial charge on any atom is -0.744 e. The third-order valence-electron chi connectivity index (χ3n) is 22.5. The first kappa shape index (κ1) is 105. The average molecular weight is 1950 g/mol. The van der Waals surface area contributed by atoms with E-state index in [-0.39, 0.29) is 86.0 Å². The van der Waals surface area contributed by atoms with Gasteiger partial charge in [0.1, 0.15) is 65.8 Å². The largest absolute Gasteiger partial charge is 0.744 e. The van der Waals surface area contributed by atoms with Gasteiger partial charge in [0.25, 0.3) is 0 Å². The van der Waals surface area contributed by atoms with Crippen LogP contribution in [0.2, 0.25) is 0 Å². The van der Waals surface area contributed by atoms with Crippen LogP contribution >= 0.6 is 0 Å². The highest BCUT2D eigenvalue weighted by molar-refractivity contribution is 7.97. The van der Waals surface area contributed by atoms with Crippen molar-refractivity contribution >= 4 is 69.0 Å². The van der Waals surface area contributed by atoms with E-state index in [0.29, 0.717) is 65.2 Å². The zero-order valence-corrected chi connectivity index (χ0v) is 79.8. The van der Waals surface area contributed by atoms with Crippen LogP contribution in [0.15, 0.2) is 315 Å². The zero-order chi connectivity index (χ0) is 97.5. The maximum absolute atomic E-state index is 14.5. The molecule has 16 rings (SSSR count). The summed E-state index contributed by atoms with van der Waals surface area (Å²) in [4.78, 5) is 19.4. The van der Waals surface area contributed by atoms with Gasteiger partial charge in [-0.25, -0.2) is 60.4 Å². The van der Waals surface area contributed by atoms with Crippen molar-refractivity contribution < 1.29 is 106 Å². The smallest absolute Gasteiger partial charge is 0.367 e. The molecule has 0 N–H and O–H groups in total. The van der Waals surface area contributed by atoms with Crippen LogP contribution in [0.3, 0.4) is 0 Å². The van der Waals surface area contributed by atoms with Gasteiger partial charge in [-0.3, -0.25) is 4.79 Å². The van der Waals surface area contributed by atoms with E-state index < -0.39 is 109 Å². The minimum atomic E-state index is -5.81. The first-order valence-corrected chi connectivity index (χ1v) is 50.7. The van der Waals surface area contributed by atoms with Crippen molar-refractivity contribution in [2.24, 2.45) is 23.2 Å². The highest BCUT2D eigenvalue weighted by Crippen LogP contribution is 2.61. The second kappa shape index (κ2) is 45.5. The van der Waals surface area contributed by atoms with Crippen LogP contribution in [0.25, 0.3) is 0 Å². The molecule has 0 aliphatic heterocycles. The molecule has 4 fully saturated rings. The summed E-state index contributed by atoms with van der Waals surface area (Å²) in [6, 6.07) is 76.6. The van der Waals surface area contributed by atoms with Crippen molar-refractivity contribution in [2.45, 2.75) is 216 Å². The summed E-state index contributed by atoms with van der Waals surface area (Å²) in [5, 5.41) is -4.56. The number of esters is 1. The summed E-state index contributed by atoms with van der Waals surface area (Å²) in [6.07, 6.45) is 5.14. The Morgan fingerprint density at radius 3 is 0.789 bits per heavy atom. The van der Waals surface area contributed by atoms with Gasteiger partial charge in [-0.2, -0.15) is 17.6 Å². The van der Waals surface area contributed by atoms with Crippen LogP contribution in [0.4, 0.5) is 52.7 Å². The molecular weight excluding hydrogens is 1850 g/mol. The van der Waals surface area contributed by atoms with Gasteiger partial charge in [0.05, 0.1) is 43.0 Å². The van der Waals surface area contributed by atoms with Gasteiger partial charge in [-0.1, -0.05) is 162 Å². The number of rotatable bonds is 23. The Labute approximate surface area is 779 Å². The third-order valence-corrected chi connectivity index (χ3v) is 31.9. The van der Waals surface area contributed by atoms with Gasteiger partial charge < -0.3 is 23.1 Å². The summed E-state index contributed by atoms with van der Waals surface area (Å²) in [5.74, 6) is -11.5. The summed E-state index contributed by atoms with van der Waals surface area (Å²) < 4.78 is 271. The first-order chi connectivity index (χ1) is 62.6. The summed E-state index contributed by atoms with van der Waals surface area (Å²) in [6.45, 7) is 21.3. The number of hydrogen-bond acceptors (Lipinski definition) is 12. The van der Waals surface area contributed by atoms with Crippen molar-refractivity contribution in [1.82, 2.24) is 0 Å². The quantitative estimate of drug-likeness (QED) is 0.0193. The number of carbonyl (C=O) groups excluding carboxylic acids is 1. The van der Waals surface area contributed by atoms with E-state index in [9.17, 15) is 96.4 Å². The predicted molar refractivity (Wildman–Crippen MR) is 490 cm³/mol. The average Bonchev–Trinajstić information content (AvgIpc) is 0.742. The van der Waals surface area contributed by atoms with Gasteiger partial charge in [0.15, 0.2) is 72.4 Å². The number of ether oxygens (including phenoxy) is 2. The Morgan fingerprint density at radius 2 is 0.571 bits per heavy atom. The zero-order valence-electron chi connectivity index (χ0n) is 74.9. The number of hydrogen-bond donors (Lipinski definition) is 0. The molecule has 0 unspecified atom stereocenters. The lowest BCUT2D eigenvalue weighted by molar-refractivity contribution is -0.176. The molecule has 4 aliphatic carbocycles. The Morgan fingerprint density at radius 1 is 0.338 bits per heavy atom. The van der Waals surface area contributed by atoms with E-state index in [1.165, 1.54) is 87.5 Å². The summed E-state index contributed by atoms with van der Waals surface area (Å²) >= 11 is 0. The van der Waals surface area contributed by atoms with Crippen LogP contribution in [0.5, 0.6) is 11.5 Å². The van der Waals surface area contributed by atoms with Gasteiger partial charge in [0.2, 0.25) is 17.4 Å². The topological polar surface area (TPSA) is 207 Å². The highest BCUT2D eigenvalue weighted by atomic mass is 32.2. The molecule has 0 amide bonds. The van der Waals surface area contributed by atoms with Crippen molar-refractivity contribution in [3.63, 3.8) is 0 Å². The molecular formula is C103H102F12O12S6. The molecule has 0 heterocycles. The minimum absolute atomic E-state index is 0.00919. The lowest BCUT2D eigenvalue weighted by Gasteiger charge is -2.55. The fourth-order valence-corrected chi connectivity index (χ4v) is 24.4. The fourth-order valence-electron chi connectivity index (χ4n) is 16.2. The second-order valence-electron chi connectivity index (χ2n) is 34.4. The molecule has 4 bridgehead atoms. The van der Waals surface area contributed by atoms with E-state index in [1.54, 1.807) is 84.9 Å². The van der Waals surface area contributed by atoms with Gasteiger partial charge >= 0.3 is 11.2 Å². The Balaban J connectivity index is 0.000000166. The van der Waals surface area contributed by atoms with E-state index in [2.05, 4.69) is 110 Å². The Kier molecular flexibility index (Phi) is 35.9. The number of carbonyl (C=O) groups is 1. The lowest BCUT2D eigenvalue weighted by atomic mass is 9.49. The summed E-state index contributed by atoms with van der Waals surface area (Å²) in [5.41, 5.74) is 3.70. The van der Waals surface area contributed by atoms with E-state index in [4.69, 9.17) is 4.74 Å². The molecule has 0 saturated heterocycles. The second-order valence-corrected chi connectivity index (χ2v) is 44.6. The van der Waals surface area contributed by atoms with Crippen LogP contribution in [-0.2, 0) is 72.6 Å². The SMILES string of the molecule is CC(C)c1cc(C(C)C)c(Oc2c(F)c(F)c(S(=O)(=O)[O-])c(F)c2F)c(C(C)C)c1.CC(C)c1cc(C(C)C)c(S(=O)(=O)[O-])c(C(C)C)c1.Fc1ccc([S+](c2ccc(F)cc2)c2ccc(F)cc2)cc1.Fc1ccc([S+](c2ccc(F)cc2)c2ccc(F)cc2)cc1.O=C(OCC(F)(F)S(=O)(=O)[O-])C12CC3CC(CC(C3)C1)C2.c1ccc([S+](c2ccccc2)c2ccccc2)cc1. The Bertz CT molecular complexity index is 5720. The van der Waals surface area contributed by atoms with Crippen molar-refractivity contribution in [2.75, 3.05) is 6.61 Å². The number of alkyl halides is 2. The van der Waals surface area contributed by atoms with E-state index in [0.717, 1.165) is 59.8 Å². The van der Waals surface area contributed by atoms with E-state index >= 15 is 0 Å². The van der Waals surface area contributed by atoms with Gasteiger partial charge in [-0.15, -0.1) is 0 Å². The third kappa shape index (κ3) is 27.2. The van der Waals surface area contributed by atoms with Crippen molar-refractivity contribution in [3.05, 3.63) is 352 Å². The van der Waals surface area contributed by atoms with Gasteiger partial charge in [-0.05, 0) is 307 Å². The Hall–Kier alpha value is -10.2. The molecule has 0 atom stereocenters. The molecule has 12 aromatic rings. The normalized spacial score (nSPS) is 15.8. The molecule has 706 valence electrons. The van der Waals surface area contributed by atoms with Crippen molar-refractivity contribution in [1.29, 1.82) is 0 Å². The highest BCUT2D eigenvalue weighted by Gasteiger charge is 2.56. The molecule has 12 nitrogen and oxygen atoms in total. The van der Waals surface area contributed by atoms with Crippen molar-refractivity contribution in [3.8, 4) is 11.5 Å². The molecule has 0 spiro atoms. The predicted octanol–water partition coefficient (Wildman–Crippen LogP) is 27.3. The van der Waals surface area contributed by atoms with Gasteiger partial charge in [0, 0.05) is 0 Å². The summed E-state index contributed by atoms with van der Waals surface area (Å²) in [7, 11) is -17.1. The maximum Gasteiger partial charge on any atom is 0.367 e. The number of benzene rings is 12. The first-order valence-electron chi connectivity index (χ1n) is 42.8.